The van der Waals surface area contributed by atoms with Crippen LogP contribution in [0.4, 0.5) is 0 Å². The van der Waals surface area contributed by atoms with Crippen LogP contribution in [-0.4, -0.2) is 23.0 Å². The Labute approximate surface area is 115 Å². The lowest BCUT2D eigenvalue weighted by atomic mass is 10.0. The van der Waals surface area contributed by atoms with Crippen LogP contribution in [0.1, 0.15) is 31.6 Å². The molecule has 1 amide bonds. The van der Waals surface area contributed by atoms with Crippen LogP contribution in [-0.2, 0) is 9.59 Å². The van der Waals surface area contributed by atoms with Gasteiger partial charge in [-0.2, -0.15) is 0 Å². The molecule has 0 radical (unpaired) electrons. The second-order valence-electron chi connectivity index (χ2n) is 4.43. The lowest BCUT2D eigenvalue weighted by molar-refractivity contribution is -0.143. The van der Waals surface area contributed by atoms with E-state index in [0.29, 0.717) is 4.34 Å². The molecule has 2 N–H and O–H groups in total. The van der Waals surface area contributed by atoms with Crippen LogP contribution in [0.3, 0.4) is 0 Å². The van der Waals surface area contributed by atoms with Crippen LogP contribution in [0.2, 0.25) is 4.34 Å². The zero-order chi connectivity index (χ0) is 13.9. The van der Waals surface area contributed by atoms with Gasteiger partial charge in [-0.05, 0) is 25.0 Å². The lowest BCUT2D eigenvalue weighted by Gasteiger charge is -2.20. The summed E-state index contributed by atoms with van der Waals surface area (Å²) in [6.07, 6.45) is 0. The van der Waals surface area contributed by atoms with Gasteiger partial charge in [0.05, 0.1) is 10.3 Å². The summed E-state index contributed by atoms with van der Waals surface area (Å²) in [6.45, 7) is 5.24. The number of hydrogen-bond donors (Lipinski definition) is 2. The van der Waals surface area contributed by atoms with E-state index < -0.39 is 17.9 Å². The van der Waals surface area contributed by atoms with Crippen molar-refractivity contribution in [3.63, 3.8) is 0 Å². The number of carbonyl (C=O) groups excluding carboxylic acids is 1. The summed E-state index contributed by atoms with van der Waals surface area (Å²) in [5.74, 6) is -1.88. The van der Waals surface area contributed by atoms with Gasteiger partial charge in [0.2, 0.25) is 5.91 Å². The fourth-order valence-electron chi connectivity index (χ4n) is 1.48. The van der Waals surface area contributed by atoms with Crippen LogP contribution in [0.25, 0.3) is 0 Å². The highest BCUT2D eigenvalue weighted by atomic mass is 35.5. The molecule has 0 saturated carbocycles. The van der Waals surface area contributed by atoms with E-state index in [1.807, 2.05) is 0 Å². The van der Waals surface area contributed by atoms with Gasteiger partial charge in [0, 0.05) is 4.88 Å². The number of aliphatic carboxylic acids is 1. The Morgan fingerprint density at radius 3 is 2.33 bits per heavy atom. The molecular weight excluding hydrogens is 274 g/mol. The third kappa shape index (κ3) is 3.71. The standard InChI is InChI=1S/C12H16ClNO3S/c1-6(2)10(12(16)17)14-11(15)7(3)8-4-5-9(13)18-8/h4-7,10H,1-3H3,(H,14,15)(H,16,17)/t7?,10-/m0/s1. The monoisotopic (exact) mass is 289 g/mol. The molecule has 6 heteroatoms. The predicted molar refractivity (Wildman–Crippen MR) is 72.1 cm³/mol. The fourth-order valence-corrected chi connectivity index (χ4v) is 2.59. The Morgan fingerprint density at radius 2 is 1.94 bits per heavy atom. The fraction of sp³-hybridized carbons (Fsp3) is 0.500. The second-order valence-corrected chi connectivity index (χ2v) is 6.18. The van der Waals surface area contributed by atoms with Crippen LogP contribution in [0, 0.1) is 5.92 Å². The Bertz CT molecular complexity index is 444. The molecule has 1 rings (SSSR count). The first kappa shape index (κ1) is 15.0. The highest BCUT2D eigenvalue weighted by molar-refractivity contribution is 7.16. The van der Waals surface area contributed by atoms with E-state index in [0.717, 1.165) is 4.88 Å². The highest BCUT2D eigenvalue weighted by Crippen LogP contribution is 2.28. The van der Waals surface area contributed by atoms with Gasteiger partial charge in [-0.15, -0.1) is 11.3 Å². The SMILES string of the molecule is CC(C(=O)N[C@H](C(=O)O)C(C)C)c1ccc(Cl)s1. The van der Waals surface area contributed by atoms with Gasteiger partial charge in [0.25, 0.3) is 0 Å². The summed E-state index contributed by atoms with van der Waals surface area (Å²) in [7, 11) is 0. The van der Waals surface area contributed by atoms with Gasteiger partial charge >= 0.3 is 5.97 Å². The molecule has 4 nitrogen and oxygen atoms in total. The van der Waals surface area contributed by atoms with E-state index in [9.17, 15) is 9.59 Å². The molecule has 0 fully saturated rings. The minimum Gasteiger partial charge on any atom is -0.480 e. The van der Waals surface area contributed by atoms with Crippen molar-refractivity contribution in [3.8, 4) is 0 Å². The number of rotatable bonds is 5. The van der Waals surface area contributed by atoms with Crippen molar-refractivity contribution < 1.29 is 14.7 Å². The molecular formula is C12H16ClNO3S. The average Bonchev–Trinajstić information content (AvgIpc) is 2.70. The minimum absolute atomic E-state index is 0.162. The van der Waals surface area contributed by atoms with Gasteiger partial charge in [0.1, 0.15) is 6.04 Å². The Kier molecular flexibility index (Phi) is 5.16. The third-order valence-electron chi connectivity index (χ3n) is 2.64. The zero-order valence-corrected chi connectivity index (χ0v) is 12.0. The van der Waals surface area contributed by atoms with Crippen molar-refractivity contribution in [2.45, 2.75) is 32.7 Å². The molecule has 1 heterocycles. The average molecular weight is 290 g/mol. The first-order chi connectivity index (χ1) is 8.32. The van der Waals surface area contributed by atoms with Crippen molar-refractivity contribution in [1.82, 2.24) is 5.32 Å². The number of halogens is 1. The van der Waals surface area contributed by atoms with Crippen molar-refractivity contribution >= 4 is 34.8 Å². The highest BCUT2D eigenvalue weighted by Gasteiger charge is 2.26. The number of carbonyl (C=O) groups is 2. The van der Waals surface area contributed by atoms with Gasteiger partial charge in [0.15, 0.2) is 0 Å². The van der Waals surface area contributed by atoms with E-state index in [1.165, 1.54) is 11.3 Å². The molecule has 0 aliphatic carbocycles. The maximum Gasteiger partial charge on any atom is 0.326 e. The van der Waals surface area contributed by atoms with Crippen molar-refractivity contribution in [2.75, 3.05) is 0 Å². The number of nitrogens with one attached hydrogen (secondary N) is 1. The number of carboxylic acids is 1. The lowest BCUT2D eigenvalue weighted by Crippen LogP contribution is -2.45. The zero-order valence-electron chi connectivity index (χ0n) is 10.4. The molecule has 0 aliphatic heterocycles. The quantitative estimate of drug-likeness (QED) is 0.876. The molecule has 0 aliphatic rings. The maximum atomic E-state index is 12.0. The van der Waals surface area contributed by atoms with Crippen LogP contribution in [0.15, 0.2) is 12.1 Å². The number of thiophene rings is 1. The molecule has 0 aromatic carbocycles. The third-order valence-corrected chi connectivity index (χ3v) is 4.06. The van der Waals surface area contributed by atoms with E-state index in [2.05, 4.69) is 5.32 Å². The normalized spacial score (nSPS) is 14.3. The van der Waals surface area contributed by atoms with Gasteiger partial charge in [-0.1, -0.05) is 25.4 Å². The molecule has 1 aromatic rings. The first-order valence-electron chi connectivity index (χ1n) is 5.61. The second kappa shape index (κ2) is 6.20. The largest absolute Gasteiger partial charge is 0.480 e. The summed E-state index contributed by atoms with van der Waals surface area (Å²) >= 11 is 7.13. The molecule has 0 bridgehead atoms. The minimum atomic E-state index is -1.02. The smallest absolute Gasteiger partial charge is 0.326 e. The topological polar surface area (TPSA) is 66.4 Å². The summed E-state index contributed by atoms with van der Waals surface area (Å²) in [6, 6.07) is 2.64. The Morgan fingerprint density at radius 1 is 1.33 bits per heavy atom. The van der Waals surface area contributed by atoms with Crippen molar-refractivity contribution in [1.29, 1.82) is 0 Å². The van der Waals surface area contributed by atoms with Gasteiger partial charge < -0.3 is 10.4 Å². The maximum absolute atomic E-state index is 12.0. The molecule has 100 valence electrons. The number of hydrogen-bond acceptors (Lipinski definition) is 3. The molecule has 2 atom stereocenters. The predicted octanol–water partition coefficient (Wildman–Crippen LogP) is 2.73. The first-order valence-corrected chi connectivity index (χ1v) is 6.80. The molecule has 18 heavy (non-hydrogen) atoms. The van der Waals surface area contributed by atoms with E-state index >= 15 is 0 Å². The molecule has 1 aromatic heterocycles. The Balaban J connectivity index is 2.73. The van der Waals surface area contributed by atoms with Crippen LogP contribution < -0.4 is 5.32 Å². The summed E-state index contributed by atoms with van der Waals surface area (Å²) in [4.78, 5) is 23.8. The number of amides is 1. The van der Waals surface area contributed by atoms with Gasteiger partial charge in [-0.3, -0.25) is 4.79 Å². The van der Waals surface area contributed by atoms with E-state index in [4.69, 9.17) is 16.7 Å². The summed E-state index contributed by atoms with van der Waals surface area (Å²) in [5, 5.41) is 11.6. The number of carboxylic acid groups (broad SMARTS) is 1. The molecule has 1 unspecified atom stereocenters. The van der Waals surface area contributed by atoms with Crippen molar-refractivity contribution in [3.05, 3.63) is 21.3 Å². The molecule has 0 saturated heterocycles. The van der Waals surface area contributed by atoms with E-state index in [-0.39, 0.29) is 11.8 Å². The Hall–Kier alpha value is -1.07. The summed E-state index contributed by atoms with van der Waals surface area (Å²) in [5.41, 5.74) is 0. The van der Waals surface area contributed by atoms with E-state index in [1.54, 1.807) is 32.9 Å². The van der Waals surface area contributed by atoms with Crippen LogP contribution in [0.5, 0.6) is 0 Å². The summed E-state index contributed by atoms with van der Waals surface area (Å²) < 4.78 is 0.614. The van der Waals surface area contributed by atoms with Crippen molar-refractivity contribution in [2.24, 2.45) is 5.92 Å². The molecule has 0 spiro atoms. The van der Waals surface area contributed by atoms with Gasteiger partial charge in [-0.25, -0.2) is 4.79 Å². The van der Waals surface area contributed by atoms with Crippen LogP contribution >= 0.6 is 22.9 Å².